The molecule has 112 valence electrons. The first kappa shape index (κ1) is 15.4. The van der Waals surface area contributed by atoms with Gasteiger partial charge in [0.2, 0.25) is 0 Å². The van der Waals surface area contributed by atoms with Crippen LogP contribution in [0.15, 0.2) is 57.7 Å². The van der Waals surface area contributed by atoms with Crippen molar-refractivity contribution in [2.45, 2.75) is 6.54 Å². The van der Waals surface area contributed by atoms with E-state index in [9.17, 15) is 8.78 Å². The van der Waals surface area contributed by atoms with Crippen LogP contribution in [0.3, 0.4) is 0 Å². The van der Waals surface area contributed by atoms with Crippen LogP contribution in [0.1, 0.15) is 5.56 Å². The summed E-state index contributed by atoms with van der Waals surface area (Å²) in [6.45, 7) is 0.520. The molecule has 0 amide bonds. The third kappa shape index (κ3) is 2.98. The van der Waals surface area contributed by atoms with Crippen molar-refractivity contribution in [3.8, 4) is 11.4 Å². The molecular weight excluding hydrogens is 418 g/mol. The average Bonchev–Trinajstić information content (AvgIpc) is 2.77. The van der Waals surface area contributed by atoms with Gasteiger partial charge in [0.25, 0.3) is 0 Å². The van der Waals surface area contributed by atoms with Gasteiger partial charge in [-0.1, -0.05) is 30.3 Å². The highest BCUT2D eigenvalue weighted by Gasteiger charge is 2.18. The van der Waals surface area contributed by atoms with Crippen molar-refractivity contribution in [2.75, 3.05) is 0 Å². The summed E-state index contributed by atoms with van der Waals surface area (Å²) in [6, 6.07) is 13.2. The van der Waals surface area contributed by atoms with Crippen molar-refractivity contribution in [1.29, 1.82) is 0 Å². The summed E-state index contributed by atoms with van der Waals surface area (Å²) in [6.07, 6.45) is 0. The third-order valence-electron chi connectivity index (χ3n) is 3.22. The Balaban J connectivity index is 2.10. The highest BCUT2D eigenvalue weighted by atomic mass is 79.9. The number of nitrogens with zero attached hydrogens (tertiary/aromatic N) is 2. The maximum atomic E-state index is 14.1. The van der Waals surface area contributed by atoms with E-state index in [0.717, 1.165) is 11.6 Å². The standard InChI is InChI=1S/C16H10Br2F2N2/c17-14-15(18)22(9-10-4-2-1-3-5-10)16(21-14)12-7-6-11(19)8-13(12)20/h1-8H,9H2. The Morgan fingerprint density at radius 2 is 1.73 bits per heavy atom. The normalized spacial score (nSPS) is 10.9. The summed E-state index contributed by atoms with van der Waals surface area (Å²) in [5, 5.41) is 0. The zero-order chi connectivity index (χ0) is 15.7. The average molecular weight is 428 g/mol. The molecule has 0 aliphatic rings. The Morgan fingerprint density at radius 1 is 1.00 bits per heavy atom. The van der Waals surface area contributed by atoms with Gasteiger partial charge in [-0.2, -0.15) is 0 Å². The lowest BCUT2D eigenvalue weighted by molar-refractivity contribution is 0.584. The number of hydrogen-bond acceptors (Lipinski definition) is 1. The fourth-order valence-electron chi connectivity index (χ4n) is 2.19. The van der Waals surface area contributed by atoms with E-state index in [1.54, 1.807) is 0 Å². The van der Waals surface area contributed by atoms with E-state index in [1.807, 2.05) is 34.9 Å². The molecular formula is C16H10Br2F2N2. The van der Waals surface area contributed by atoms with Crippen LogP contribution >= 0.6 is 31.9 Å². The van der Waals surface area contributed by atoms with E-state index < -0.39 is 11.6 Å². The largest absolute Gasteiger partial charge is 0.313 e. The van der Waals surface area contributed by atoms with E-state index in [2.05, 4.69) is 36.8 Å². The zero-order valence-corrected chi connectivity index (χ0v) is 14.4. The SMILES string of the molecule is Fc1ccc(-c2nc(Br)c(Br)n2Cc2ccccc2)c(F)c1. The van der Waals surface area contributed by atoms with Gasteiger partial charge in [0.05, 0.1) is 12.1 Å². The minimum absolute atomic E-state index is 0.253. The highest BCUT2D eigenvalue weighted by Crippen LogP contribution is 2.32. The first-order valence-corrected chi connectivity index (χ1v) is 8.05. The second kappa shape index (κ2) is 6.30. The van der Waals surface area contributed by atoms with E-state index >= 15 is 0 Å². The lowest BCUT2D eigenvalue weighted by Gasteiger charge is -2.10. The lowest BCUT2D eigenvalue weighted by Crippen LogP contribution is -2.03. The first-order chi connectivity index (χ1) is 10.6. The molecule has 22 heavy (non-hydrogen) atoms. The van der Waals surface area contributed by atoms with Crippen LogP contribution in [0.2, 0.25) is 0 Å². The van der Waals surface area contributed by atoms with Crippen LogP contribution in [-0.4, -0.2) is 9.55 Å². The van der Waals surface area contributed by atoms with Crippen molar-refractivity contribution in [3.05, 3.63) is 74.9 Å². The summed E-state index contributed by atoms with van der Waals surface area (Å²) in [4.78, 5) is 4.34. The van der Waals surface area contributed by atoms with Gasteiger partial charge < -0.3 is 4.57 Å². The van der Waals surface area contributed by atoms with Gasteiger partial charge in [-0.15, -0.1) is 0 Å². The van der Waals surface area contributed by atoms with Crippen LogP contribution in [0, 0.1) is 11.6 Å². The molecule has 6 heteroatoms. The predicted molar refractivity (Wildman–Crippen MR) is 88.5 cm³/mol. The van der Waals surface area contributed by atoms with Gasteiger partial charge in [0, 0.05) is 6.07 Å². The van der Waals surface area contributed by atoms with Gasteiger partial charge in [0.15, 0.2) is 0 Å². The molecule has 0 radical (unpaired) electrons. The Labute approximate surface area is 143 Å². The maximum Gasteiger partial charge on any atom is 0.145 e. The molecule has 0 fully saturated rings. The smallest absolute Gasteiger partial charge is 0.145 e. The Hall–Kier alpha value is -1.53. The summed E-state index contributed by atoms with van der Waals surface area (Å²) in [7, 11) is 0. The molecule has 0 saturated carbocycles. The molecule has 0 unspecified atom stereocenters. The van der Waals surface area contributed by atoms with Crippen molar-refractivity contribution < 1.29 is 8.78 Å². The van der Waals surface area contributed by atoms with Crippen molar-refractivity contribution in [3.63, 3.8) is 0 Å². The maximum absolute atomic E-state index is 14.1. The summed E-state index contributed by atoms with van der Waals surface area (Å²) >= 11 is 6.79. The monoisotopic (exact) mass is 426 g/mol. The third-order valence-corrected chi connectivity index (χ3v) is 5.11. The molecule has 2 nitrogen and oxygen atoms in total. The Bertz CT molecular complexity index is 817. The molecule has 0 saturated heterocycles. The molecule has 1 aromatic heterocycles. The van der Waals surface area contributed by atoms with E-state index in [1.165, 1.54) is 12.1 Å². The lowest BCUT2D eigenvalue weighted by atomic mass is 10.2. The van der Waals surface area contributed by atoms with Gasteiger partial charge in [-0.25, -0.2) is 13.8 Å². The predicted octanol–water partition coefficient (Wildman–Crippen LogP) is 5.40. The van der Waals surface area contributed by atoms with Gasteiger partial charge >= 0.3 is 0 Å². The van der Waals surface area contributed by atoms with Crippen LogP contribution in [0.5, 0.6) is 0 Å². The van der Waals surface area contributed by atoms with Crippen LogP contribution in [0.4, 0.5) is 8.78 Å². The number of imidazole rings is 1. The van der Waals surface area contributed by atoms with Crippen LogP contribution in [0.25, 0.3) is 11.4 Å². The van der Waals surface area contributed by atoms with Gasteiger partial charge in [-0.05, 0) is 49.6 Å². The van der Waals surface area contributed by atoms with Crippen LogP contribution in [-0.2, 0) is 6.54 Å². The number of aromatic nitrogens is 2. The zero-order valence-electron chi connectivity index (χ0n) is 11.2. The van der Waals surface area contributed by atoms with E-state index in [0.29, 0.717) is 21.6 Å². The summed E-state index contributed by atoms with van der Waals surface area (Å²) in [5.74, 6) is -0.819. The molecule has 0 aliphatic carbocycles. The number of hydrogen-bond donors (Lipinski definition) is 0. The molecule has 3 rings (SSSR count). The van der Waals surface area contributed by atoms with E-state index in [-0.39, 0.29) is 5.56 Å². The minimum Gasteiger partial charge on any atom is -0.313 e. The summed E-state index contributed by atoms with van der Waals surface area (Å²) < 4.78 is 30.3. The van der Waals surface area contributed by atoms with Gasteiger partial charge in [0.1, 0.15) is 26.7 Å². The molecule has 0 atom stereocenters. The van der Waals surface area contributed by atoms with Crippen molar-refractivity contribution in [2.24, 2.45) is 0 Å². The van der Waals surface area contributed by atoms with Gasteiger partial charge in [-0.3, -0.25) is 0 Å². The summed E-state index contributed by atoms with van der Waals surface area (Å²) in [5.41, 5.74) is 1.31. The van der Waals surface area contributed by atoms with E-state index in [4.69, 9.17) is 0 Å². The molecule has 0 aliphatic heterocycles. The Kier molecular flexibility index (Phi) is 4.40. The number of halogens is 4. The molecule has 1 heterocycles. The second-order valence-electron chi connectivity index (χ2n) is 4.71. The number of benzene rings is 2. The molecule has 0 spiro atoms. The minimum atomic E-state index is -0.640. The molecule has 2 aromatic carbocycles. The Morgan fingerprint density at radius 3 is 2.41 bits per heavy atom. The highest BCUT2D eigenvalue weighted by molar-refractivity contribution is 9.13. The molecule has 3 aromatic rings. The van der Waals surface area contributed by atoms with Crippen molar-refractivity contribution in [1.82, 2.24) is 9.55 Å². The van der Waals surface area contributed by atoms with Crippen molar-refractivity contribution >= 4 is 31.9 Å². The quantitative estimate of drug-likeness (QED) is 0.547. The molecule has 0 N–H and O–H groups in total. The molecule has 0 bridgehead atoms. The first-order valence-electron chi connectivity index (χ1n) is 6.47. The fraction of sp³-hybridized carbons (Fsp3) is 0.0625. The second-order valence-corrected chi connectivity index (χ2v) is 6.22. The number of rotatable bonds is 3. The topological polar surface area (TPSA) is 17.8 Å². The fourth-order valence-corrected chi connectivity index (χ4v) is 2.95. The van der Waals surface area contributed by atoms with Crippen LogP contribution < -0.4 is 0 Å².